The van der Waals surface area contributed by atoms with E-state index in [1.807, 2.05) is 0 Å². The molecule has 0 aromatic heterocycles. The van der Waals surface area contributed by atoms with Crippen molar-refractivity contribution in [2.24, 2.45) is 0 Å². The Hall–Kier alpha value is 0.802. The van der Waals surface area contributed by atoms with Crippen molar-refractivity contribution in [2.75, 3.05) is 0 Å². The normalized spacial score (nSPS) is 5.80. The molecule has 0 aliphatic heterocycles. The molecule has 3 N–H and O–H groups in total. The van der Waals surface area contributed by atoms with Crippen LogP contribution in [0, 0.1) is 0 Å². The van der Waals surface area contributed by atoms with Crippen molar-refractivity contribution < 1.29 is 68.4 Å². The zero-order chi connectivity index (χ0) is 4.50. The minimum absolute atomic E-state index is 0. The van der Waals surface area contributed by atoms with E-state index in [1.54, 1.807) is 0 Å². The van der Waals surface area contributed by atoms with Crippen molar-refractivity contribution in [1.82, 2.24) is 0 Å². The number of hydrogen-bond donors (Lipinski definition) is 0. The van der Waals surface area contributed by atoms with Crippen LogP contribution in [0.25, 0.3) is 0 Å². The van der Waals surface area contributed by atoms with Crippen LogP contribution in [0.1, 0.15) is 0 Å². The van der Waals surface area contributed by atoms with Crippen molar-refractivity contribution in [1.29, 1.82) is 0 Å². The third kappa shape index (κ3) is 833. The minimum Gasteiger partial charge on any atom is -2.00 e. The summed E-state index contributed by atoms with van der Waals surface area (Å²) in [6.07, 6.45) is 0. The molecule has 0 fully saturated rings. The minimum atomic E-state index is -5.17. The standard InChI is InChI=1S/Cr.Mn.H2O4S.2H2O.O/c;;1-5(2,3)4;;;/h;;(H2,1,2,3,4);2*1H2;/q+3;+2;;;;-2/p-3. The molecular weight excluding hydrogens is 251 g/mol. The molecule has 0 saturated carbocycles. The van der Waals surface area contributed by atoms with Crippen molar-refractivity contribution in [2.45, 2.75) is 0 Å². The van der Waals surface area contributed by atoms with Gasteiger partial charge in [-0.2, -0.15) is 0 Å². The smallest absolute Gasteiger partial charge is 2.00 e. The fourth-order valence-corrected chi connectivity index (χ4v) is 0. The van der Waals surface area contributed by atoms with Gasteiger partial charge in [-0.25, -0.2) is 0 Å². The van der Waals surface area contributed by atoms with Crippen molar-refractivity contribution in [3.05, 3.63) is 0 Å². The second-order valence-electron chi connectivity index (χ2n) is 0.408. The van der Waals surface area contributed by atoms with Gasteiger partial charge in [0.1, 0.15) is 0 Å². The van der Waals surface area contributed by atoms with E-state index < -0.39 is 10.4 Å². The molecule has 0 spiro atoms. The monoisotopic (exact) mass is 254 g/mol. The zero-order valence-corrected chi connectivity index (χ0v) is 7.45. The van der Waals surface area contributed by atoms with E-state index in [1.165, 1.54) is 0 Å². The van der Waals surface area contributed by atoms with Gasteiger partial charge < -0.3 is 25.5 Å². The molecular formula is H3CrMnO7S. The van der Waals surface area contributed by atoms with Gasteiger partial charge in [0.15, 0.2) is 0 Å². The van der Waals surface area contributed by atoms with E-state index in [0.717, 1.165) is 0 Å². The molecule has 0 amide bonds. The quantitative estimate of drug-likeness (QED) is 0.264. The Morgan fingerprint density at radius 2 is 1.10 bits per heavy atom. The Morgan fingerprint density at radius 1 is 1.10 bits per heavy atom. The summed E-state index contributed by atoms with van der Waals surface area (Å²) in [4.78, 5) is 0. The fourth-order valence-electron chi connectivity index (χ4n) is 0. The molecule has 0 aromatic carbocycles. The van der Waals surface area contributed by atoms with Crippen LogP contribution in [0.2, 0.25) is 0 Å². The first-order chi connectivity index (χ1) is 2.00. The van der Waals surface area contributed by atoms with Crippen LogP contribution < -0.4 is 0 Å². The van der Waals surface area contributed by atoms with Gasteiger partial charge in [-0.3, -0.25) is 8.42 Å². The van der Waals surface area contributed by atoms with Gasteiger partial charge >= 0.3 is 34.4 Å². The summed E-state index contributed by atoms with van der Waals surface area (Å²) in [5.41, 5.74) is 0. The molecule has 0 rings (SSSR count). The molecule has 10 heavy (non-hydrogen) atoms. The average molecular weight is 254 g/mol. The summed E-state index contributed by atoms with van der Waals surface area (Å²) in [6, 6.07) is 0. The average Bonchev–Trinajstić information content (AvgIpc) is 0.722. The molecule has 0 aliphatic rings. The molecule has 0 aliphatic carbocycles. The molecule has 64 valence electrons. The fraction of sp³-hybridized carbons (Fsp3) is 0. The van der Waals surface area contributed by atoms with Crippen LogP contribution in [-0.2, 0) is 50.3 Å². The van der Waals surface area contributed by atoms with Gasteiger partial charge in [0, 0.05) is 10.4 Å². The maximum absolute atomic E-state index is 8.52. The first kappa shape index (κ1) is 45.0. The second kappa shape index (κ2) is 16.4. The summed E-state index contributed by atoms with van der Waals surface area (Å²) in [6.45, 7) is 0. The zero-order valence-electron chi connectivity index (χ0n) is 4.18. The molecule has 0 heterocycles. The largest absolute Gasteiger partial charge is 3.00 e. The van der Waals surface area contributed by atoms with E-state index in [2.05, 4.69) is 0 Å². The maximum Gasteiger partial charge on any atom is 3.00 e. The topological polar surface area (TPSA) is 170 Å². The van der Waals surface area contributed by atoms with Crippen LogP contribution in [0.3, 0.4) is 0 Å². The van der Waals surface area contributed by atoms with Crippen LogP contribution in [0.15, 0.2) is 0 Å². The van der Waals surface area contributed by atoms with Gasteiger partial charge in [0.2, 0.25) is 0 Å². The van der Waals surface area contributed by atoms with Crippen LogP contribution in [0.5, 0.6) is 0 Å². The van der Waals surface area contributed by atoms with Gasteiger partial charge in [-0.05, 0) is 0 Å². The molecule has 0 bridgehead atoms. The molecule has 0 saturated heterocycles. The van der Waals surface area contributed by atoms with Gasteiger partial charge in [-0.1, -0.05) is 0 Å². The summed E-state index contributed by atoms with van der Waals surface area (Å²) in [7, 11) is -5.17. The summed E-state index contributed by atoms with van der Waals surface area (Å²) in [5, 5.41) is 0. The molecule has 0 aromatic rings. The summed E-state index contributed by atoms with van der Waals surface area (Å²) < 4.78 is 34.1. The van der Waals surface area contributed by atoms with Gasteiger partial charge in [0.05, 0.1) is 0 Å². The Bertz CT molecular complexity index is 96.8. The first-order valence-electron chi connectivity index (χ1n) is 0.667. The Balaban J connectivity index is -0.00000000800. The SMILES string of the molecule is O.O=S(=O)([O-])[O-].[Cr+3].[Mn+2].[O-2].[OH-]. The van der Waals surface area contributed by atoms with Crippen LogP contribution in [-0.4, -0.2) is 28.5 Å². The van der Waals surface area contributed by atoms with Crippen LogP contribution >= 0.6 is 0 Å². The first-order valence-corrected chi connectivity index (χ1v) is 2.00. The van der Waals surface area contributed by atoms with Crippen molar-refractivity contribution in [3.63, 3.8) is 0 Å². The molecule has 2 radical (unpaired) electrons. The Morgan fingerprint density at radius 3 is 1.10 bits per heavy atom. The molecule has 10 heteroatoms. The van der Waals surface area contributed by atoms with E-state index in [4.69, 9.17) is 17.5 Å². The maximum atomic E-state index is 8.52. The molecule has 0 atom stereocenters. The van der Waals surface area contributed by atoms with E-state index >= 15 is 0 Å². The molecule has 7 nitrogen and oxygen atoms in total. The molecule has 0 unspecified atom stereocenters. The summed E-state index contributed by atoms with van der Waals surface area (Å²) in [5.74, 6) is 0. The summed E-state index contributed by atoms with van der Waals surface area (Å²) >= 11 is 0. The van der Waals surface area contributed by atoms with E-state index in [9.17, 15) is 0 Å². The predicted octanol–water partition coefficient (Wildman–Crippen LogP) is -2.46. The van der Waals surface area contributed by atoms with Crippen LogP contribution in [0.4, 0.5) is 0 Å². The third-order valence-electron chi connectivity index (χ3n) is 0. The Kier molecular flexibility index (Phi) is 73.9. The third-order valence-corrected chi connectivity index (χ3v) is 0. The van der Waals surface area contributed by atoms with E-state index in [-0.39, 0.29) is 50.9 Å². The predicted molar refractivity (Wildman–Crippen MR) is 16.7 cm³/mol. The van der Waals surface area contributed by atoms with Gasteiger partial charge in [0.25, 0.3) is 0 Å². The van der Waals surface area contributed by atoms with Gasteiger partial charge in [-0.15, -0.1) is 0 Å². The second-order valence-corrected chi connectivity index (χ2v) is 1.22. The van der Waals surface area contributed by atoms with Crippen molar-refractivity contribution >= 4 is 10.4 Å². The Labute approximate surface area is 78.9 Å². The number of rotatable bonds is 0. The van der Waals surface area contributed by atoms with E-state index in [0.29, 0.717) is 0 Å². The van der Waals surface area contributed by atoms with Crippen molar-refractivity contribution in [3.8, 4) is 0 Å². The number of hydrogen-bond acceptors (Lipinski definition) is 5.